The van der Waals surface area contributed by atoms with E-state index in [1.54, 1.807) is 14.0 Å². The molecule has 19 heavy (non-hydrogen) atoms. The molecule has 0 fully saturated rings. The molecule has 2 aromatic rings. The maximum atomic E-state index is 11.5. The predicted molar refractivity (Wildman–Crippen MR) is 74.3 cm³/mol. The van der Waals surface area contributed by atoms with E-state index in [9.17, 15) is 9.59 Å². The molecule has 0 aromatic heterocycles. The number of ether oxygens (including phenoxy) is 1. The fraction of sp³-hybridized carbons (Fsp3) is 0.286. The van der Waals surface area contributed by atoms with Crippen LogP contribution in [0.1, 0.15) is 12.5 Å². The summed E-state index contributed by atoms with van der Waals surface area (Å²) in [5.74, 6) is 0.114. The maximum Gasteiger partial charge on any atom is 0.272 e. The molecule has 1 unspecified atom stereocenters. The van der Waals surface area contributed by atoms with Crippen LogP contribution >= 0.6 is 0 Å². The van der Waals surface area contributed by atoms with Gasteiger partial charge in [-0.1, -0.05) is 30.3 Å². The van der Waals surface area contributed by atoms with E-state index in [0.29, 0.717) is 6.54 Å². The van der Waals surface area contributed by atoms with Crippen molar-refractivity contribution in [3.63, 3.8) is 0 Å². The average molecular weight is 260 g/mol. The fourth-order valence-electron chi connectivity index (χ4n) is 1.67. The lowest BCUT2D eigenvalue weighted by Crippen LogP contribution is -2.39. The monoisotopic (exact) mass is 260 g/mol. The Morgan fingerprint density at radius 1 is 1.16 bits per heavy atom. The van der Waals surface area contributed by atoms with Crippen molar-refractivity contribution in [2.75, 3.05) is 12.4 Å². The van der Waals surface area contributed by atoms with Gasteiger partial charge >= 0.3 is 0 Å². The Hall–Kier alpha value is -2.14. The Labute approximate surface area is 110 Å². The number of nitrogens with one attached hydrogen (secondary N) is 2. The first-order valence-corrected chi connectivity index (χ1v) is 6.08. The second kappa shape index (κ2) is 5.67. The van der Waals surface area contributed by atoms with Crippen LogP contribution in [0.4, 0.5) is 5.69 Å². The van der Waals surface area contributed by atoms with Crippen molar-refractivity contribution in [3.8, 4) is 5.75 Å². The first kappa shape index (κ1) is 13.3. The first-order valence-electron chi connectivity index (χ1n) is 6.08. The Kier molecular flexibility index (Phi) is 3.97. The van der Waals surface area contributed by atoms with E-state index in [0.717, 1.165) is 5.56 Å². The summed E-state index contributed by atoms with van der Waals surface area (Å²) in [5.41, 5.74) is 0.200. The summed E-state index contributed by atoms with van der Waals surface area (Å²) < 4.78 is 5.35. The molecule has 100 valence electrons. The molecule has 0 saturated heterocycles. The lowest BCUT2D eigenvalue weighted by atomic mass is 10.2. The molecule has 5 nitrogen and oxygen atoms in total. The standard InChI is InChI=1S/C14H16N2O3/c1-9(15-2)19-14-11(12(17)13(14)18)16-8-10-6-4-3-5-7-10/h3-7,9,15-16H,8H2,1-2H3. The first-order chi connectivity index (χ1) is 9.13. The third-order valence-electron chi connectivity index (χ3n) is 2.88. The van der Waals surface area contributed by atoms with Gasteiger partial charge in [0, 0.05) is 6.54 Å². The molecule has 1 atom stereocenters. The lowest BCUT2D eigenvalue weighted by molar-refractivity contribution is 0.190. The van der Waals surface area contributed by atoms with E-state index in [-0.39, 0.29) is 17.7 Å². The van der Waals surface area contributed by atoms with Crippen molar-refractivity contribution in [3.05, 3.63) is 56.3 Å². The van der Waals surface area contributed by atoms with Gasteiger partial charge in [0.05, 0.1) is 0 Å². The van der Waals surface area contributed by atoms with Gasteiger partial charge in [0.2, 0.25) is 0 Å². The number of hydrogen-bond donors (Lipinski definition) is 2. The fourth-order valence-corrected chi connectivity index (χ4v) is 1.67. The smallest absolute Gasteiger partial charge is 0.272 e. The molecule has 0 spiro atoms. The maximum absolute atomic E-state index is 11.5. The highest BCUT2D eigenvalue weighted by atomic mass is 16.5. The minimum Gasteiger partial charge on any atom is -0.469 e. The molecular weight excluding hydrogens is 244 g/mol. The molecule has 0 aliphatic carbocycles. The van der Waals surface area contributed by atoms with Crippen LogP contribution in [0, 0.1) is 0 Å². The average Bonchev–Trinajstić information content (AvgIpc) is 2.46. The summed E-state index contributed by atoms with van der Waals surface area (Å²) in [6.07, 6.45) is -0.319. The van der Waals surface area contributed by atoms with Crippen molar-refractivity contribution in [2.24, 2.45) is 0 Å². The van der Waals surface area contributed by atoms with Crippen LogP contribution in [-0.4, -0.2) is 13.3 Å². The topological polar surface area (TPSA) is 67.4 Å². The highest BCUT2D eigenvalue weighted by Gasteiger charge is 2.23. The molecule has 0 aliphatic rings. The molecule has 2 aromatic carbocycles. The molecule has 0 amide bonds. The van der Waals surface area contributed by atoms with Crippen molar-refractivity contribution in [1.29, 1.82) is 0 Å². The van der Waals surface area contributed by atoms with Crippen LogP contribution < -0.4 is 26.2 Å². The molecule has 0 aliphatic heterocycles. The van der Waals surface area contributed by atoms with Crippen LogP contribution in [0.15, 0.2) is 39.9 Å². The molecule has 0 heterocycles. The third kappa shape index (κ3) is 2.82. The number of hydrogen-bond acceptors (Lipinski definition) is 5. The van der Waals surface area contributed by atoms with Gasteiger partial charge in [-0.2, -0.15) is 0 Å². The van der Waals surface area contributed by atoms with Gasteiger partial charge in [0.1, 0.15) is 11.9 Å². The van der Waals surface area contributed by atoms with Crippen molar-refractivity contribution < 1.29 is 4.74 Å². The molecular formula is C14H16N2O3. The number of rotatable bonds is 6. The summed E-state index contributed by atoms with van der Waals surface area (Å²) >= 11 is 0. The zero-order chi connectivity index (χ0) is 13.8. The van der Waals surface area contributed by atoms with E-state index in [1.165, 1.54) is 0 Å². The summed E-state index contributed by atoms with van der Waals surface area (Å²) in [7, 11) is 1.72. The van der Waals surface area contributed by atoms with Gasteiger partial charge in [-0.25, -0.2) is 0 Å². The van der Waals surface area contributed by atoms with E-state index >= 15 is 0 Å². The second-order valence-electron chi connectivity index (χ2n) is 4.25. The zero-order valence-electron chi connectivity index (χ0n) is 10.9. The minimum atomic E-state index is -0.572. The van der Waals surface area contributed by atoms with E-state index < -0.39 is 10.9 Å². The van der Waals surface area contributed by atoms with E-state index in [1.807, 2.05) is 30.3 Å². The zero-order valence-corrected chi connectivity index (χ0v) is 10.9. The van der Waals surface area contributed by atoms with Gasteiger partial charge in [0.15, 0.2) is 5.75 Å². The normalized spacial score (nSPS) is 12.3. The van der Waals surface area contributed by atoms with Crippen LogP contribution in [0.2, 0.25) is 0 Å². The van der Waals surface area contributed by atoms with E-state index in [2.05, 4.69) is 10.6 Å². The highest BCUT2D eigenvalue weighted by molar-refractivity contribution is 5.62. The van der Waals surface area contributed by atoms with Crippen LogP contribution in [0.3, 0.4) is 0 Å². The summed E-state index contributed by atoms with van der Waals surface area (Å²) in [6, 6.07) is 9.63. The second-order valence-corrected chi connectivity index (χ2v) is 4.25. The van der Waals surface area contributed by atoms with E-state index in [4.69, 9.17) is 4.74 Å². The Morgan fingerprint density at radius 2 is 1.84 bits per heavy atom. The van der Waals surface area contributed by atoms with Crippen LogP contribution in [0.5, 0.6) is 5.75 Å². The van der Waals surface area contributed by atoms with Gasteiger partial charge in [-0.05, 0) is 19.5 Å². The Balaban J connectivity index is 2.07. The molecule has 0 saturated carbocycles. The molecule has 0 bridgehead atoms. The lowest BCUT2D eigenvalue weighted by Gasteiger charge is -2.18. The quantitative estimate of drug-likeness (QED) is 0.595. The summed E-state index contributed by atoms with van der Waals surface area (Å²) in [4.78, 5) is 22.9. The summed E-state index contributed by atoms with van der Waals surface area (Å²) in [6.45, 7) is 2.24. The number of benzene rings is 1. The van der Waals surface area contributed by atoms with Crippen LogP contribution in [0.25, 0.3) is 0 Å². The van der Waals surface area contributed by atoms with Gasteiger partial charge in [-0.3, -0.25) is 14.9 Å². The van der Waals surface area contributed by atoms with Gasteiger partial charge in [-0.15, -0.1) is 0 Å². The SMILES string of the molecule is CNC(C)Oc1c(NCc2ccccc2)c(=O)c1=O. The van der Waals surface area contributed by atoms with Crippen LogP contribution in [-0.2, 0) is 6.54 Å². The van der Waals surface area contributed by atoms with Gasteiger partial charge in [0.25, 0.3) is 10.9 Å². The number of anilines is 1. The minimum absolute atomic E-state index is 0.114. The highest BCUT2D eigenvalue weighted by Crippen LogP contribution is 2.19. The molecule has 0 radical (unpaired) electrons. The van der Waals surface area contributed by atoms with Crippen molar-refractivity contribution in [2.45, 2.75) is 19.7 Å². The molecule has 5 heteroatoms. The molecule has 2 rings (SSSR count). The predicted octanol–water partition coefficient (Wildman–Crippen LogP) is 0.839. The Bertz CT molecular complexity index is 615. The van der Waals surface area contributed by atoms with Crippen molar-refractivity contribution in [1.82, 2.24) is 5.32 Å². The largest absolute Gasteiger partial charge is 0.469 e. The Morgan fingerprint density at radius 3 is 2.47 bits per heavy atom. The van der Waals surface area contributed by atoms with Gasteiger partial charge < -0.3 is 10.1 Å². The summed E-state index contributed by atoms with van der Waals surface area (Å²) in [5, 5.41) is 5.80. The molecule has 2 N–H and O–H groups in total. The van der Waals surface area contributed by atoms with Crippen molar-refractivity contribution >= 4 is 5.69 Å². The third-order valence-corrected chi connectivity index (χ3v) is 2.88.